The van der Waals surface area contributed by atoms with Crippen molar-refractivity contribution >= 4 is 16.7 Å². The van der Waals surface area contributed by atoms with Crippen LogP contribution in [0.5, 0.6) is 11.5 Å². The van der Waals surface area contributed by atoms with Crippen LogP contribution in [-0.2, 0) is 6.54 Å². The molecule has 4 nitrogen and oxygen atoms in total. The molecule has 0 atom stereocenters. The second-order valence-electron chi connectivity index (χ2n) is 5.69. The Kier molecular flexibility index (Phi) is 6.15. The molecular formula is C20H20BrNO3. The fraction of sp³-hybridized carbons (Fsp3) is 0.200. The van der Waals surface area contributed by atoms with Gasteiger partial charge in [0.25, 0.3) is 0 Å². The molecule has 25 heavy (non-hydrogen) atoms. The zero-order valence-electron chi connectivity index (χ0n) is 14.5. The molecular weight excluding hydrogens is 382 g/mol. The largest absolute Gasteiger partial charge is 1.00 e. The Balaban J connectivity index is 0.00000225. The van der Waals surface area contributed by atoms with Gasteiger partial charge in [-0.05, 0) is 37.3 Å². The number of aromatic nitrogens is 1. The first-order chi connectivity index (χ1) is 11.6. The van der Waals surface area contributed by atoms with Crippen molar-refractivity contribution in [3.8, 4) is 11.5 Å². The maximum Gasteiger partial charge on any atom is 0.227 e. The topological polar surface area (TPSA) is 39.4 Å². The molecule has 1 aromatic heterocycles. The Morgan fingerprint density at radius 3 is 2.48 bits per heavy atom. The summed E-state index contributed by atoms with van der Waals surface area (Å²) in [6.45, 7) is 2.33. The lowest BCUT2D eigenvalue weighted by atomic mass is 10.1. The van der Waals surface area contributed by atoms with E-state index in [9.17, 15) is 4.79 Å². The van der Waals surface area contributed by atoms with Crippen molar-refractivity contribution in [1.29, 1.82) is 0 Å². The van der Waals surface area contributed by atoms with E-state index in [1.54, 1.807) is 32.4 Å². The molecule has 0 fully saturated rings. The highest BCUT2D eigenvalue weighted by atomic mass is 79.9. The van der Waals surface area contributed by atoms with Crippen LogP contribution in [0.4, 0.5) is 0 Å². The van der Waals surface area contributed by atoms with E-state index < -0.39 is 0 Å². The number of rotatable bonds is 5. The van der Waals surface area contributed by atoms with Gasteiger partial charge in [-0.3, -0.25) is 4.79 Å². The highest BCUT2D eigenvalue weighted by Crippen LogP contribution is 2.27. The van der Waals surface area contributed by atoms with Crippen molar-refractivity contribution in [2.75, 3.05) is 14.2 Å². The summed E-state index contributed by atoms with van der Waals surface area (Å²) in [5.41, 5.74) is 2.84. The summed E-state index contributed by atoms with van der Waals surface area (Å²) in [5.74, 6) is 1.19. The van der Waals surface area contributed by atoms with E-state index in [1.165, 1.54) is 5.56 Å². The second-order valence-corrected chi connectivity index (χ2v) is 5.69. The summed E-state index contributed by atoms with van der Waals surface area (Å²) in [7, 11) is 3.14. The van der Waals surface area contributed by atoms with Crippen molar-refractivity contribution in [3.05, 3.63) is 65.9 Å². The highest BCUT2D eigenvalue weighted by Gasteiger charge is 2.17. The van der Waals surface area contributed by atoms with Crippen LogP contribution >= 0.6 is 0 Å². The van der Waals surface area contributed by atoms with Crippen LogP contribution in [0.1, 0.15) is 15.9 Å². The summed E-state index contributed by atoms with van der Waals surface area (Å²) in [5, 5.41) is 1.12. The molecule has 0 amide bonds. The average molecular weight is 402 g/mol. The Hall–Kier alpha value is -2.40. The minimum Gasteiger partial charge on any atom is -1.00 e. The zero-order valence-corrected chi connectivity index (χ0v) is 16.0. The van der Waals surface area contributed by atoms with Gasteiger partial charge in [0.1, 0.15) is 0 Å². The first-order valence-corrected chi connectivity index (χ1v) is 7.76. The van der Waals surface area contributed by atoms with Crippen LogP contribution in [0.3, 0.4) is 0 Å². The van der Waals surface area contributed by atoms with Gasteiger partial charge in [0.2, 0.25) is 17.8 Å². The Morgan fingerprint density at radius 2 is 1.76 bits per heavy atom. The van der Waals surface area contributed by atoms with Gasteiger partial charge < -0.3 is 26.5 Å². The molecule has 3 rings (SSSR count). The molecule has 0 saturated carbocycles. The molecule has 0 spiro atoms. The SMILES string of the molecule is COc1ccc(C(=O)C[n+]2cccc3cc(C)ccc32)cc1OC.[Br-]. The standard InChI is InChI=1S/C20H20NO3.BrH/c1-14-6-8-17-15(11-14)5-4-10-21(17)13-18(22)16-7-9-19(23-2)20(12-16)24-3;/h4-12H,13H2,1-3H3;1H/q+1;/p-1. The van der Waals surface area contributed by atoms with Crippen molar-refractivity contribution in [2.45, 2.75) is 13.5 Å². The number of nitrogens with zero attached hydrogens (tertiary/aromatic N) is 1. The Labute approximate surface area is 157 Å². The molecule has 1 heterocycles. The van der Waals surface area contributed by atoms with Gasteiger partial charge >= 0.3 is 0 Å². The van der Waals surface area contributed by atoms with E-state index in [-0.39, 0.29) is 29.3 Å². The number of carbonyl (C=O) groups excluding carboxylic acids is 1. The van der Waals surface area contributed by atoms with Gasteiger partial charge in [-0.25, -0.2) is 0 Å². The number of ether oxygens (including phenoxy) is 2. The summed E-state index contributed by atoms with van der Waals surface area (Å²) in [4.78, 5) is 12.7. The molecule has 5 heteroatoms. The van der Waals surface area contributed by atoms with Crippen LogP contribution < -0.4 is 31.0 Å². The lowest BCUT2D eigenvalue weighted by molar-refractivity contribution is -0.657. The van der Waals surface area contributed by atoms with E-state index in [0.29, 0.717) is 17.1 Å². The predicted octanol–water partition coefficient (Wildman–Crippen LogP) is 0.340. The minimum absolute atomic E-state index is 0. The van der Waals surface area contributed by atoms with E-state index >= 15 is 0 Å². The lowest BCUT2D eigenvalue weighted by Gasteiger charge is -2.08. The van der Waals surface area contributed by atoms with Crippen LogP contribution in [0.15, 0.2) is 54.7 Å². The molecule has 0 saturated heterocycles. The van der Waals surface area contributed by atoms with E-state index in [1.807, 2.05) is 22.9 Å². The molecule has 0 aliphatic rings. The van der Waals surface area contributed by atoms with Crippen LogP contribution in [0.25, 0.3) is 10.9 Å². The molecule has 0 N–H and O–H groups in total. The normalized spacial score (nSPS) is 10.2. The number of benzene rings is 2. The van der Waals surface area contributed by atoms with Gasteiger partial charge in [0.15, 0.2) is 17.7 Å². The molecule has 0 bridgehead atoms. The maximum absolute atomic E-state index is 12.7. The number of aryl methyl sites for hydroxylation is 1. The number of halogens is 1. The molecule has 0 aliphatic heterocycles. The third kappa shape index (κ3) is 3.99. The first-order valence-electron chi connectivity index (χ1n) is 7.76. The summed E-state index contributed by atoms with van der Waals surface area (Å²) >= 11 is 0. The smallest absolute Gasteiger partial charge is 0.227 e. The average Bonchev–Trinajstić information content (AvgIpc) is 2.60. The third-order valence-corrected chi connectivity index (χ3v) is 4.05. The lowest BCUT2D eigenvalue weighted by Crippen LogP contribution is -3.00. The van der Waals surface area contributed by atoms with Gasteiger partial charge in [-0.2, -0.15) is 4.57 Å². The Bertz CT molecular complexity index is 909. The summed E-state index contributed by atoms with van der Waals surface area (Å²) < 4.78 is 12.5. The number of pyridine rings is 1. The molecule has 0 unspecified atom stereocenters. The van der Waals surface area contributed by atoms with Crippen molar-refractivity contribution in [1.82, 2.24) is 0 Å². The van der Waals surface area contributed by atoms with Crippen LogP contribution in [-0.4, -0.2) is 20.0 Å². The van der Waals surface area contributed by atoms with E-state index in [2.05, 4.69) is 25.1 Å². The number of hydrogen-bond acceptors (Lipinski definition) is 3. The Morgan fingerprint density at radius 1 is 1.00 bits per heavy atom. The monoisotopic (exact) mass is 401 g/mol. The zero-order chi connectivity index (χ0) is 17.1. The number of ketones is 1. The molecule has 2 aromatic carbocycles. The maximum atomic E-state index is 12.7. The van der Waals surface area contributed by atoms with E-state index in [4.69, 9.17) is 9.47 Å². The highest BCUT2D eigenvalue weighted by molar-refractivity contribution is 5.96. The van der Waals surface area contributed by atoms with Gasteiger partial charge in [0, 0.05) is 23.1 Å². The van der Waals surface area contributed by atoms with Crippen molar-refractivity contribution in [3.63, 3.8) is 0 Å². The molecule has 3 aromatic rings. The number of Topliss-reactive ketones (excluding diaryl/α,β-unsaturated/α-hetero) is 1. The summed E-state index contributed by atoms with van der Waals surface area (Å²) in [6, 6.07) is 15.5. The molecule has 0 radical (unpaired) electrons. The van der Waals surface area contributed by atoms with E-state index in [0.717, 1.165) is 10.9 Å². The van der Waals surface area contributed by atoms with Crippen LogP contribution in [0, 0.1) is 6.92 Å². The van der Waals surface area contributed by atoms with Crippen molar-refractivity contribution < 1.29 is 35.8 Å². The number of hydrogen-bond donors (Lipinski definition) is 0. The fourth-order valence-electron chi connectivity index (χ4n) is 2.79. The van der Waals surface area contributed by atoms with Crippen LogP contribution in [0.2, 0.25) is 0 Å². The third-order valence-electron chi connectivity index (χ3n) is 4.05. The van der Waals surface area contributed by atoms with Gasteiger partial charge in [-0.1, -0.05) is 11.6 Å². The minimum atomic E-state index is 0. The predicted molar refractivity (Wildman–Crippen MR) is 92.8 cm³/mol. The number of carbonyl (C=O) groups is 1. The summed E-state index contributed by atoms with van der Waals surface area (Å²) in [6.07, 6.45) is 1.93. The second kappa shape index (κ2) is 8.12. The molecule has 130 valence electrons. The fourth-order valence-corrected chi connectivity index (χ4v) is 2.79. The first kappa shape index (κ1) is 18.9. The number of fused-ring (bicyclic) bond motifs is 1. The van der Waals surface area contributed by atoms with Gasteiger partial charge in [0.05, 0.1) is 14.2 Å². The quantitative estimate of drug-likeness (QED) is 0.457. The van der Waals surface area contributed by atoms with Gasteiger partial charge in [-0.15, -0.1) is 0 Å². The number of methoxy groups -OCH3 is 2. The molecule has 0 aliphatic carbocycles. The van der Waals surface area contributed by atoms with Crippen molar-refractivity contribution in [2.24, 2.45) is 0 Å².